The summed E-state index contributed by atoms with van der Waals surface area (Å²) < 4.78 is 3.46. The van der Waals surface area contributed by atoms with E-state index >= 15 is 0 Å². The number of fused-ring (bicyclic) bond motifs is 1. The highest BCUT2D eigenvalue weighted by molar-refractivity contribution is 5.88. The third kappa shape index (κ3) is 2.84. The van der Waals surface area contributed by atoms with Crippen LogP contribution in [0.3, 0.4) is 0 Å². The van der Waals surface area contributed by atoms with Gasteiger partial charge in [0.1, 0.15) is 12.1 Å². The molecule has 0 bridgehead atoms. The lowest BCUT2D eigenvalue weighted by Crippen LogP contribution is -2.54. The zero-order valence-corrected chi connectivity index (χ0v) is 14.1. The zero-order valence-electron chi connectivity index (χ0n) is 14.1. The number of aryl methyl sites for hydroxylation is 1. The van der Waals surface area contributed by atoms with Crippen molar-refractivity contribution in [3.05, 3.63) is 22.6 Å². The number of nitrogens with one attached hydrogen (secondary N) is 1. The Labute approximate surface area is 136 Å². The molecule has 0 radical (unpaired) electrons. The molecule has 0 amide bonds. The number of rotatable bonds is 2. The molecule has 0 aliphatic carbocycles. The standard InChI is InChI=1S/C17H23N5O/c1-5-6-7-21-11-15-17(19-21)14(8-16(23)20(15)4)22-10-12(2)18-9-13(22)3/h8,11-13,18H,7,9-10H2,1-4H3/t12-,13+/m1/s1. The number of aromatic nitrogens is 3. The van der Waals surface area contributed by atoms with Crippen molar-refractivity contribution in [1.29, 1.82) is 0 Å². The van der Waals surface area contributed by atoms with Crippen LogP contribution in [0.2, 0.25) is 0 Å². The van der Waals surface area contributed by atoms with Crippen molar-refractivity contribution >= 4 is 16.7 Å². The predicted molar refractivity (Wildman–Crippen MR) is 92.7 cm³/mol. The molecule has 1 aliphatic rings. The normalized spacial score (nSPS) is 21.3. The summed E-state index contributed by atoms with van der Waals surface area (Å²) in [6.07, 6.45) is 1.90. The average molecular weight is 313 g/mol. The topological polar surface area (TPSA) is 55.1 Å². The first kappa shape index (κ1) is 15.6. The van der Waals surface area contributed by atoms with E-state index in [2.05, 4.69) is 41.0 Å². The van der Waals surface area contributed by atoms with E-state index in [9.17, 15) is 4.79 Å². The van der Waals surface area contributed by atoms with E-state index < -0.39 is 0 Å². The second-order valence-electron chi connectivity index (χ2n) is 6.22. The van der Waals surface area contributed by atoms with E-state index in [1.807, 2.05) is 13.1 Å². The van der Waals surface area contributed by atoms with Gasteiger partial charge in [0.15, 0.2) is 0 Å². The zero-order chi connectivity index (χ0) is 16.6. The number of hydrogen-bond acceptors (Lipinski definition) is 4. The van der Waals surface area contributed by atoms with Gasteiger partial charge in [0.25, 0.3) is 5.56 Å². The lowest BCUT2D eigenvalue weighted by Gasteiger charge is -2.39. The molecule has 0 spiro atoms. The molecule has 2 aromatic heterocycles. The molecule has 3 rings (SSSR count). The summed E-state index contributed by atoms with van der Waals surface area (Å²) >= 11 is 0. The predicted octanol–water partition coefficient (Wildman–Crippen LogP) is 0.945. The highest BCUT2D eigenvalue weighted by atomic mass is 16.1. The Morgan fingerprint density at radius 1 is 1.43 bits per heavy atom. The van der Waals surface area contributed by atoms with Crippen LogP contribution in [0.4, 0.5) is 5.69 Å². The van der Waals surface area contributed by atoms with Gasteiger partial charge >= 0.3 is 0 Å². The van der Waals surface area contributed by atoms with Crippen molar-refractivity contribution in [3.63, 3.8) is 0 Å². The molecular formula is C17H23N5O. The van der Waals surface area contributed by atoms with Gasteiger partial charge in [0, 0.05) is 38.3 Å². The van der Waals surface area contributed by atoms with Crippen molar-refractivity contribution in [2.75, 3.05) is 18.0 Å². The van der Waals surface area contributed by atoms with Crippen molar-refractivity contribution in [3.8, 4) is 11.8 Å². The molecule has 23 heavy (non-hydrogen) atoms. The molecule has 2 aromatic rings. The van der Waals surface area contributed by atoms with Gasteiger partial charge in [0.2, 0.25) is 0 Å². The fraction of sp³-hybridized carbons (Fsp3) is 0.529. The number of nitrogens with zero attached hydrogens (tertiary/aromatic N) is 4. The molecule has 0 saturated carbocycles. The maximum atomic E-state index is 12.4. The quantitative estimate of drug-likeness (QED) is 0.839. The van der Waals surface area contributed by atoms with Gasteiger partial charge in [-0.3, -0.25) is 9.48 Å². The molecule has 1 aliphatic heterocycles. The van der Waals surface area contributed by atoms with Crippen molar-refractivity contribution in [1.82, 2.24) is 19.7 Å². The molecule has 6 nitrogen and oxygen atoms in total. The minimum absolute atomic E-state index is 0.00740. The van der Waals surface area contributed by atoms with Gasteiger partial charge in [-0.25, -0.2) is 0 Å². The van der Waals surface area contributed by atoms with E-state index in [4.69, 9.17) is 0 Å². The fourth-order valence-electron chi connectivity index (χ4n) is 3.06. The smallest absolute Gasteiger partial charge is 0.252 e. The van der Waals surface area contributed by atoms with Gasteiger partial charge in [-0.15, -0.1) is 5.92 Å². The monoisotopic (exact) mass is 313 g/mol. The van der Waals surface area contributed by atoms with Gasteiger partial charge in [-0.2, -0.15) is 5.10 Å². The minimum atomic E-state index is -0.00740. The SMILES string of the molecule is CC#CCn1cc2c(n1)c(N1C[C@@H](C)NC[C@@H]1C)cc(=O)n2C. The maximum absolute atomic E-state index is 12.4. The Kier molecular flexibility index (Phi) is 4.14. The third-order valence-electron chi connectivity index (χ3n) is 4.43. The van der Waals surface area contributed by atoms with Crippen LogP contribution in [0.25, 0.3) is 11.0 Å². The molecule has 0 unspecified atom stereocenters. The molecule has 0 aromatic carbocycles. The van der Waals surface area contributed by atoms with Crippen molar-refractivity contribution in [2.24, 2.45) is 7.05 Å². The summed E-state index contributed by atoms with van der Waals surface area (Å²) in [5.41, 5.74) is 2.63. The van der Waals surface area contributed by atoms with Gasteiger partial charge < -0.3 is 14.8 Å². The molecular weight excluding hydrogens is 290 g/mol. The van der Waals surface area contributed by atoms with Crippen LogP contribution in [0.5, 0.6) is 0 Å². The average Bonchev–Trinajstić information content (AvgIpc) is 2.96. The third-order valence-corrected chi connectivity index (χ3v) is 4.43. The van der Waals surface area contributed by atoms with Gasteiger partial charge in [0.05, 0.1) is 17.4 Å². The van der Waals surface area contributed by atoms with Gasteiger partial charge in [-0.05, 0) is 20.8 Å². The second kappa shape index (κ2) is 6.09. The summed E-state index contributed by atoms with van der Waals surface area (Å²) in [5.74, 6) is 5.89. The number of pyridine rings is 1. The minimum Gasteiger partial charge on any atom is -0.364 e. The van der Waals surface area contributed by atoms with Crippen LogP contribution in [0, 0.1) is 11.8 Å². The molecule has 1 saturated heterocycles. The van der Waals surface area contributed by atoms with E-state index in [-0.39, 0.29) is 5.56 Å². The maximum Gasteiger partial charge on any atom is 0.252 e. The van der Waals surface area contributed by atoms with Crippen molar-refractivity contribution in [2.45, 2.75) is 39.4 Å². The lowest BCUT2D eigenvalue weighted by molar-refractivity contribution is 0.425. The Hall–Kier alpha value is -2.26. The van der Waals surface area contributed by atoms with Crippen LogP contribution < -0.4 is 15.8 Å². The summed E-state index contributed by atoms with van der Waals surface area (Å²) in [4.78, 5) is 14.6. The van der Waals surface area contributed by atoms with E-state index in [0.29, 0.717) is 18.6 Å². The summed E-state index contributed by atoms with van der Waals surface area (Å²) in [6.45, 7) is 8.44. The number of hydrogen-bond donors (Lipinski definition) is 1. The second-order valence-corrected chi connectivity index (χ2v) is 6.22. The molecule has 3 heterocycles. The Morgan fingerprint density at radius 2 is 2.22 bits per heavy atom. The molecule has 6 heteroatoms. The Morgan fingerprint density at radius 3 is 2.96 bits per heavy atom. The summed E-state index contributed by atoms with van der Waals surface area (Å²) in [7, 11) is 1.79. The molecule has 122 valence electrons. The van der Waals surface area contributed by atoms with E-state index in [1.165, 1.54) is 0 Å². The Bertz CT molecular complexity index is 838. The number of piperazine rings is 1. The molecule has 2 atom stereocenters. The van der Waals surface area contributed by atoms with Crippen LogP contribution in [-0.2, 0) is 13.6 Å². The van der Waals surface area contributed by atoms with E-state index in [0.717, 1.165) is 29.8 Å². The molecule has 1 N–H and O–H groups in total. The summed E-state index contributed by atoms with van der Waals surface area (Å²) in [6, 6.07) is 2.42. The lowest BCUT2D eigenvalue weighted by atomic mass is 10.1. The van der Waals surface area contributed by atoms with Crippen molar-refractivity contribution < 1.29 is 0 Å². The molecule has 1 fully saturated rings. The Balaban J connectivity index is 2.15. The van der Waals surface area contributed by atoms with Crippen LogP contribution in [0.15, 0.2) is 17.1 Å². The first-order valence-corrected chi connectivity index (χ1v) is 7.98. The highest BCUT2D eigenvalue weighted by Crippen LogP contribution is 2.26. The van der Waals surface area contributed by atoms with Crippen LogP contribution in [-0.4, -0.2) is 39.5 Å². The van der Waals surface area contributed by atoms with E-state index in [1.54, 1.807) is 22.4 Å². The number of anilines is 1. The largest absolute Gasteiger partial charge is 0.364 e. The van der Waals surface area contributed by atoms with Crippen LogP contribution in [0.1, 0.15) is 20.8 Å². The fourth-order valence-corrected chi connectivity index (χ4v) is 3.06. The first-order chi connectivity index (χ1) is 11.0. The first-order valence-electron chi connectivity index (χ1n) is 7.98. The summed E-state index contributed by atoms with van der Waals surface area (Å²) in [5, 5.41) is 8.15. The highest BCUT2D eigenvalue weighted by Gasteiger charge is 2.26. The van der Waals surface area contributed by atoms with Crippen LogP contribution >= 0.6 is 0 Å². The van der Waals surface area contributed by atoms with Gasteiger partial charge in [-0.1, -0.05) is 5.92 Å².